The van der Waals surface area contributed by atoms with Crippen molar-refractivity contribution in [3.63, 3.8) is 0 Å². The first kappa shape index (κ1) is 15.9. The molecule has 21 heavy (non-hydrogen) atoms. The summed E-state index contributed by atoms with van der Waals surface area (Å²) in [6.07, 6.45) is 0.510. The maximum atomic E-state index is 11.9. The van der Waals surface area contributed by atoms with Crippen LogP contribution in [0.15, 0.2) is 36.4 Å². The van der Waals surface area contributed by atoms with Crippen molar-refractivity contribution < 1.29 is 4.79 Å². The van der Waals surface area contributed by atoms with Gasteiger partial charge in [0.05, 0.1) is 16.0 Å². The number of hydrogen-bond donors (Lipinski definition) is 1. The van der Waals surface area contributed by atoms with Gasteiger partial charge in [0.15, 0.2) is 0 Å². The number of rotatable bonds is 4. The number of primary amides is 1. The van der Waals surface area contributed by atoms with Crippen molar-refractivity contribution in [2.45, 2.75) is 26.2 Å². The number of halogens is 2. The molecule has 0 saturated heterocycles. The summed E-state index contributed by atoms with van der Waals surface area (Å²) in [5.41, 5.74) is 9.72. The molecule has 0 fully saturated rings. The molecule has 2 nitrogen and oxygen atoms in total. The molecular weight excluding hydrogens is 305 g/mol. The van der Waals surface area contributed by atoms with Gasteiger partial charge in [-0.25, -0.2) is 0 Å². The minimum Gasteiger partial charge on any atom is -0.369 e. The van der Waals surface area contributed by atoms with Crippen LogP contribution in [-0.2, 0) is 11.2 Å². The van der Waals surface area contributed by atoms with E-state index in [1.54, 1.807) is 12.1 Å². The number of benzene rings is 2. The van der Waals surface area contributed by atoms with E-state index in [4.69, 9.17) is 28.9 Å². The summed E-state index contributed by atoms with van der Waals surface area (Å²) in [5.74, 6) is -0.712. The third-order valence-corrected chi connectivity index (χ3v) is 4.31. The molecule has 0 saturated carbocycles. The molecule has 2 rings (SSSR count). The molecule has 0 aromatic heterocycles. The van der Waals surface area contributed by atoms with Crippen LogP contribution in [0.5, 0.6) is 0 Å². The topological polar surface area (TPSA) is 43.1 Å². The lowest BCUT2D eigenvalue weighted by Crippen LogP contribution is -2.24. The molecule has 0 aliphatic carbocycles. The van der Waals surface area contributed by atoms with Gasteiger partial charge in [-0.1, -0.05) is 53.0 Å². The van der Waals surface area contributed by atoms with Gasteiger partial charge in [0.2, 0.25) is 5.91 Å². The molecule has 0 heterocycles. The Kier molecular flexibility index (Phi) is 4.92. The average molecular weight is 322 g/mol. The summed E-state index contributed by atoms with van der Waals surface area (Å²) < 4.78 is 0. The van der Waals surface area contributed by atoms with Crippen molar-refractivity contribution >= 4 is 29.1 Å². The van der Waals surface area contributed by atoms with E-state index in [2.05, 4.69) is 6.07 Å². The summed E-state index contributed by atoms with van der Waals surface area (Å²) in [5, 5.41) is 0.987. The predicted octanol–water partition coefficient (Wildman–Crippen LogP) is 4.42. The monoisotopic (exact) mass is 321 g/mol. The molecule has 1 amide bonds. The number of nitrogens with two attached hydrogens (primary N) is 1. The summed E-state index contributed by atoms with van der Waals surface area (Å²) >= 11 is 11.9. The van der Waals surface area contributed by atoms with Crippen LogP contribution in [-0.4, -0.2) is 5.91 Å². The van der Waals surface area contributed by atoms with Crippen LogP contribution in [0.4, 0.5) is 0 Å². The van der Waals surface area contributed by atoms with Crippen LogP contribution in [0.1, 0.15) is 28.2 Å². The molecule has 0 radical (unpaired) electrons. The summed E-state index contributed by atoms with van der Waals surface area (Å²) in [6, 6.07) is 11.4. The highest BCUT2D eigenvalue weighted by Gasteiger charge is 2.20. The average Bonchev–Trinajstić information content (AvgIpc) is 2.40. The fourth-order valence-electron chi connectivity index (χ4n) is 2.48. The number of carbonyl (C=O) groups excluding carboxylic acids is 1. The Morgan fingerprint density at radius 1 is 1.10 bits per heavy atom. The number of amides is 1. The van der Waals surface area contributed by atoms with Gasteiger partial charge in [-0.05, 0) is 49.1 Å². The molecule has 0 aliphatic heterocycles. The van der Waals surface area contributed by atoms with E-state index in [0.717, 1.165) is 22.3 Å². The predicted molar refractivity (Wildman–Crippen MR) is 88.0 cm³/mol. The molecule has 0 spiro atoms. The largest absolute Gasteiger partial charge is 0.369 e. The minimum absolute atomic E-state index is 0.340. The van der Waals surface area contributed by atoms with Gasteiger partial charge in [0, 0.05) is 0 Å². The van der Waals surface area contributed by atoms with Crippen molar-refractivity contribution in [3.05, 3.63) is 68.7 Å². The second kappa shape index (κ2) is 6.50. The Hall–Kier alpha value is -1.51. The molecule has 1 unspecified atom stereocenters. The quantitative estimate of drug-likeness (QED) is 0.889. The lowest BCUT2D eigenvalue weighted by molar-refractivity contribution is -0.119. The first-order valence-electron chi connectivity index (χ1n) is 6.69. The summed E-state index contributed by atoms with van der Waals surface area (Å²) in [4.78, 5) is 11.9. The van der Waals surface area contributed by atoms with Crippen LogP contribution < -0.4 is 5.73 Å². The van der Waals surface area contributed by atoms with Gasteiger partial charge in [-0.15, -0.1) is 0 Å². The zero-order chi connectivity index (χ0) is 15.6. The zero-order valence-electron chi connectivity index (χ0n) is 12.0. The van der Waals surface area contributed by atoms with Crippen LogP contribution in [0.2, 0.25) is 10.0 Å². The second-order valence-electron chi connectivity index (χ2n) is 5.27. The Balaban J connectivity index is 2.35. The Morgan fingerprint density at radius 3 is 2.38 bits per heavy atom. The first-order chi connectivity index (χ1) is 9.88. The van der Waals surface area contributed by atoms with E-state index in [1.807, 2.05) is 32.0 Å². The highest BCUT2D eigenvalue weighted by atomic mass is 35.5. The van der Waals surface area contributed by atoms with Gasteiger partial charge < -0.3 is 5.73 Å². The van der Waals surface area contributed by atoms with Crippen molar-refractivity contribution in [3.8, 4) is 0 Å². The lowest BCUT2D eigenvalue weighted by Gasteiger charge is -2.17. The molecule has 4 heteroatoms. The van der Waals surface area contributed by atoms with Gasteiger partial charge in [0.1, 0.15) is 0 Å². The molecule has 110 valence electrons. The van der Waals surface area contributed by atoms with E-state index in [1.165, 1.54) is 0 Å². The van der Waals surface area contributed by atoms with E-state index in [0.29, 0.717) is 16.5 Å². The maximum absolute atomic E-state index is 11.9. The third-order valence-electron chi connectivity index (χ3n) is 3.57. The SMILES string of the molecule is Cc1ccc(C(Cc2ccc(Cl)c(Cl)c2)C(N)=O)c(C)c1. The van der Waals surface area contributed by atoms with Crippen molar-refractivity contribution in [1.82, 2.24) is 0 Å². The molecule has 0 aliphatic rings. The van der Waals surface area contributed by atoms with Gasteiger partial charge in [-0.3, -0.25) is 4.79 Å². The number of aryl methyl sites for hydroxylation is 2. The van der Waals surface area contributed by atoms with Crippen molar-refractivity contribution in [2.75, 3.05) is 0 Å². The van der Waals surface area contributed by atoms with Crippen molar-refractivity contribution in [1.29, 1.82) is 0 Å². The Bertz CT molecular complexity index is 682. The van der Waals surface area contributed by atoms with Gasteiger partial charge >= 0.3 is 0 Å². The van der Waals surface area contributed by atoms with Gasteiger partial charge in [0.25, 0.3) is 0 Å². The fraction of sp³-hybridized carbons (Fsp3) is 0.235. The third kappa shape index (κ3) is 3.78. The first-order valence-corrected chi connectivity index (χ1v) is 7.44. The van der Waals surface area contributed by atoms with E-state index in [9.17, 15) is 4.79 Å². The van der Waals surface area contributed by atoms with Crippen LogP contribution in [0, 0.1) is 13.8 Å². The zero-order valence-corrected chi connectivity index (χ0v) is 13.5. The standard InChI is InChI=1S/C17H17Cl2NO/c1-10-3-5-13(11(2)7-10)14(17(20)21)8-12-4-6-15(18)16(19)9-12/h3-7,9,14H,8H2,1-2H3,(H2,20,21). The Labute approximate surface area is 134 Å². The number of hydrogen-bond acceptors (Lipinski definition) is 1. The summed E-state index contributed by atoms with van der Waals surface area (Å²) in [6.45, 7) is 4.02. The molecule has 0 bridgehead atoms. The minimum atomic E-state index is -0.372. The molecule has 2 aromatic rings. The molecule has 2 N–H and O–H groups in total. The highest BCUT2D eigenvalue weighted by molar-refractivity contribution is 6.42. The molecule has 1 atom stereocenters. The Morgan fingerprint density at radius 2 is 1.81 bits per heavy atom. The molecule has 2 aromatic carbocycles. The smallest absolute Gasteiger partial charge is 0.225 e. The van der Waals surface area contributed by atoms with Crippen molar-refractivity contribution in [2.24, 2.45) is 5.73 Å². The van der Waals surface area contributed by atoms with E-state index < -0.39 is 0 Å². The van der Waals surface area contributed by atoms with E-state index >= 15 is 0 Å². The highest BCUT2D eigenvalue weighted by Crippen LogP contribution is 2.28. The van der Waals surface area contributed by atoms with Gasteiger partial charge in [-0.2, -0.15) is 0 Å². The lowest BCUT2D eigenvalue weighted by atomic mass is 9.88. The van der Waals surface area contributed by atoms with Crippen LogP contribution in [0.25, 0.3) is 0 Å². The summed E-state index contributed by atoms with van der Waals surface area (Å²) in [7, 11) is 0. The van der Waals surface area contributed by atoms with E-state index in [-0.39, 0.29) is 11.8 Å². The molecular formula is C17H17Cl2NO. The van der Waals surface area contributed by atoms with Crippen LogP contribution in [0.3, 0.4) is 0 Å². The fourth-order valence-corrected chi connectivity index (χ4v) is 2.80. The normalized spacial score (nSPS) is 12.2. The second-order valence-corrected chi connectivity index (χ2v) is 6.08. The van der Waals surface area contributed by atoms with Crippen LogP contribution >= 0.6 is 23.2 Å². The number of carbonyl (C=O) groups is 1. The maximum Gasteiger partial charge on any atom is 0.225 e.